The minimum Gasteiger partial charge on any atom is -0.493 e. The lowest BCUT2D eigenvalue weighted by Gasteiger charge is -2.13. The molecule has 1 amide bonds. The molecular formula is C25H24N6O3. The highest BCUT2D eigenvalue weighted by molar-refractivity contribution is 6.12. The second kappa shape index (κ2) is 8.51. The average Bonchev–Trinajstić information content (AvgIpc) is 3.37. The van der Waals surface area contributed by atoms with Gasteiger partial charge in [0.05, 0.1) is 29.4 Å². The monoisotopic (exact) mass is 456 g/mol. The molecule has 0 saturated carbocycles. The highest BCUT2D eigenvalue weighted by atomic mass is 16.5. The zero-order chi connectivity index (χ0) is 23.8. The number of nitrogens with zero attached hydrogens (tertiary/aromatic N) is 5. The molecule has 4 heterocycles. The van der Waals surface area contributed by atoms with Gasteiger partial charge in [0.2, 0.25) is 0 Å². The van der Waals surface area contributed by atoms with Gasteiger partial charge in [-0.3, -0.25) is 9.48 Å². The van der Waals surface area contributed by atoms with Crippen LogP contribution in [0.15, 0.2) is 54.9 Å². The van der Waals surface area contributed by atoms with Crippen LogP contribution in [0.2, 0.25) is 0 Å². The molecule has 5 aromatic rings. The Balaban J connectivity index is 1.40. The minimum atomic E-state index is -0.247. The number of aryl methyl sites for hydroxylation is 3. The number of hydrogen-bond donors (Lipinski definition) is 1. The van der Waals surface area contributed by atoms with Crippen LogP contribution < -0.4 is 14.8 Å². The molecule has 1 N–H and O–H groups in total. The Hall–Kier alpha value is -4.40. The average molecular weight is 457 g/mol. The fourth-order valence-electron chi connectivity index (χ4n) is 4.02. The molecule has 4 aromatic heterocycles. The molecule has 0 radical (unpaired) electrons. The number of carbonyl (C=O) groups is 1. The zero-order valence-electron chi connectivity index (χ0n) is 19.4. The third-order valence-electron chi connectivity index (χ3n) is 5.55. The summed E-state index contributed by atoms with van der Waals surface area (Å²) in [6, 6.07) is 12.9. The number of methoxy groups -OCH3 is 1. The Labute approximate surface area is 196 Å². The van der Waals surface area contributed by atoms with Gasteiger partial charge in [-0.25, -0.2) is 9.97 Å². The Morgan fingerprint density at radius 2 is 1.94 bits per heavy atom. The SMILES string of the molecule is COc1ccc(NC(=O)c2cc(C)nc3c2c(C)nn3C)cc1OCc1cn2ccccc2n1. The summed E-state index contributed by atoms with van der Waals surface area (Å²) < 4.78 is 15.1. The van der Waals surface area contributed by atoms with Crippen molar-refractivity contribution in [3.8, 4) is 11.5 Å². The molecule has 172 valence electrons. The van der Waals surface area contributed by atoms with Gasteiger partial charge in [-0.2, -0.15) is 5.10 Å². The van der Waals surface area contributed by atoms with Crippen LogP contribution >= 0.6 is 0 Å². The van der Waals surface area contributed by atoms with E-state index in [0.717, 1.165) is 28.1 Å². The Kier molecular flexibility index (Phi) is 5.37. The van der Waals surface area contributed by atoms with E-state index in [1.54, 1.807) is 36.1 Å². The molecule has 0 aliphatic carbocycles. The van der Waals surface area contributed by atoms with Crippen molar-refractivity contribution in [3.05, 3.63) is 77.5 Å². The molecule has 9 nitrogen and oxygen atoms in total. The summed E-state index contributed by atoms with van der Waals surface area (Å²) in [5, 5.41) is 8.12. The molecule has 9 heteroatoms. The van der Waals surface area contributed by atoms with Gasteiger partial charge in [-0.15, -0.1) is 0 Å². The number of carbonyl (C=O) groups excluding carboxylic acids is 1. The van der Waals surface area contributed by atoms with Gasteiger partial charge < -0.3 is 19.2 Å². The highest BCUT2D eigenvalue weighted by Gasteiger charge is 2.18. The normalized spacial score (nSPS) is 11.2. The number of nitrogens with one attached hydrogen (secondary N) is 1. The van der Waals surface area contributed by atoms with Crippen molar-refractivity contribution < 1.29 is 14.3 Å². The first kappa shape index (κ1) is 21.4. The number of ether oxygens (including phenoxy) is 2. The summed E-state index contributed by atoms with van der Waals surface area (Å²) in [5.74, 6) is 0.820. The molecule has 0 aliphatic heterocycles. The lowest BCUT2D eigenvalue weighted by atomic mass is 10.1. The predicted molar refractivity (Wildman–Crippen MR) is 128 cm³/mol. The maximum atomic E-state index is 13.2. The second-order valence-corrected chi connectivity index (χ2v) is 8.03. The first-order valence-electron chi connectivity index (χ1n) is 10.8. The molecule has 0 fully saturated rings. The zero-order valence-corrected chi connectivity index (χ0v) is 19.4. The van der Waals surface area contributed by atoms with E-state index in [1.165, 1.54) is 0 Å². The minimum absolute atomic E-state index is 0.247. The van der Waals surface area contributed by atoms with Crippen molar-refractivity contribution in [2.24, 2.45) is 7.05 Å². The maximum absolute atomic E-state index is 13.2. The summed E-state index contributed by atoms with van der Waals surface area (Å²) in [7, 11) is 3.40. The summed E-state index contributed by atoms with van der Waals surface area (Å²) in [6.45, 7) is 3.99. The van der Waals surface area contributed by atoms with Crippen LogP contribution in [-0.2, 0) is 13.7 Å². The molecule has 5 rings (SSSR count). The Morgan fingerprint density at radius 1 is 1.09 bits per heavy atom. The molecule has 34 heavy (non-hydrogen) atoms. The van der Waals surface area contributed by atoms with Gasteiger partial charge in [0.1, 0.15) is 12.3 Å². The van der Waals surface area contributed by atoms with Crippen molar-refractivity contribution in [3.63, 3.8) is 0 Å². The quantitative estimate of drug-likeness (QED) is 0.414. The van der Waals surface area contributed by atoms with Gasteiger partial charge in [-0.05, 0) is 44.2 Å². The van der Waals surface area contributed by atoms with Gasteiger partial charge >= 0.3 is 0 Å². The van der Waals surface area contributed by atoms with Crippen LogP contribution in [0.25, 0.3) is 16.7 Å². The van der Waals surface area contributed by atoms with Crippen molar-refractivity contribution in [1.82, 2.24) is 24.1 Å². The molecule has 1 aromatic carbocycles. The van der Waals surface area contributed by atoms with E-state index in [-0.39, 0.29) is 12.5 Å². The van der Waals surface area contributed by atoms with Crippen molar-refractivity contribution in [2.45, 2.75) is 20.5 Å². The molecule has 0 saturated heterocycles. The van der Waals surface area contributed by atoms with Gasteiger partial charge in [0.15, 0.2) is 17.1 Å². The van der Waals surface area contributed by atoms with E-state index in [4.69, 9.17) is 9.47 Å². The van der Waals surface area contributed by atoms with Crippen LogP contribution in [0, 0.1) is 13.8 Å². The highest BCUT2D eigenvalue weighted by Crippen LogP contribution is 2.31. The molecule has 0 aliphatic rings. The Morgan fingerprint density at radius 3 is 2.74 bits per heavy atom. The van der Waals surface area contributed by atoms with E-state index >= 15 is 0 Å². The lowest BCUT2D eigenvalue weighted by Crippen LogP contribution is -2.13. The predicted octanol–water partition coefficient (Wildman–Crippen LogP) is 4.07. The largest absolute Gasteiger partial charge is 0.493 e. The van der Waals surface area contributed by atoms with E-state index in [9.17, 15) is 4.79 Å². The number of imidazole rings is 1. The van der Waals surface area contributed by atoms with Gasteiger partial charge in [0, 0.05) is 36.9 Å². The standard InChI is InChI=1S/C25H24N6O3/c1-15-11-19(23-16(2)29-30(3)24(23)26-15)25(32)28-17-8-9-20(33-4)21(12-17)34-14-18-13-31-10-6-5-7-22(31)27-18/h5-13H,14H2,1-4H3,(H,28,32). The third-order valence-corrected chi connectivity index (χ3v) is 5.55. The molecular weight excluding hydrogens is 432 g/mol. The number of fused-ring (bicyclic) bond motifs is 2. The summed E-state index contributed by atoms with van der Waals surface area (Å²) in [5.41, 5.74) is 4.90. The van der Waals surface area contributed by atoms with Crippen molar-refractivity contribution in [1.29, 1.82) is 0 Å². The molecule has 0 unspecified atom stereocenters. The maximum Gasteiger partial charge on any atom is 0.256 e. The van der Waals surface area contributed by atoms with Crippen LogP contribution in [0.5, 0.6) is 11.5 Å². The smallest absolute Gasteiger partial charge is 0.256 e. The summed E-state index contributed by atoms with van der Waals surface area (Å²) in [6.07, 6.45) is 3.85. The topological polar surface area (TPSA) is 95.6 Å². The number of anilines is 1. The summed E-state index contributed by atoms with van der Waals surface area (Å²) >= 11 is 0. The van der Waals surface area contributed by atoms with E-state index < -0.39 is 0 Å². The van der Waals surface area contributed by atoms with Crippen LogP contribution in [0.3, 0.4) is 0 Å². The number of aromatic nitrogens is 5. The third kappa shape index (κ3) is 3.92. The molecule has 0 atom stereocenters. The molecule has 0 spiro atoms. The van der Waals surface area contributed by atoms with Crippen molar-refractivity contribution >= 4 is 28.3 Å². The van der Waals surface area contributed by atoms with Crippen molar-refractivity contribution in [2.75, 3.05) is 12.4 Å². The fraction of sp³-hybridized carbons (Fsp3) is 0.200. The number of hydrogen-bond acceptors (Lipinski definition) is 6. The van der Waals surface area contributed by atoms with E-state index in [2.05, 4.69) is 20.4 Å². The first-order valence-corrected chi connectivity index (χ1v) is 10.8. The number of pyridine rings is 2. The van der Waals surface area contributed by atoms with E-state index in [1.807, 2.05) is 55.9 Å². The Bertz CT molecular complexity index is 1500. The fourth-order valence-corrected chi connectivity index (χ4v) is 4.02. The number of rotatable bonds is 6. The second-order valence-electron chi connectivity index (χ2n) is 8.03. The summed E-state index contributed by atoms with van der Waals surface area (Å²) in [4.78, 5) is 22.3. The van der Waals surface area contributed by atoms with Gasteiger partial charge in [-0.1, -0.05) is 6.07 Å². The van der Waals surface area contributed by atoms with E-state index in [0.29, 0.717) is 28.4 Å². The van der Waals surface area contributed by atoms with Crippen LogP contribution in [0.4, 0.5) is 5.69 Å². The van der Waals surface area contributed by atoms with Gasteiger partial charge in [0.25, 0.3) is 5.91 Å². The number of amides is 1. The van der Waals surface area contributed by atoms with Crippen LogP contribution in [-0.4, -0.2) is 37.2 Å². The van der Waals surface area contributed by atoms with Crippen LogP contribution in [0.1, 0.15) is 27.4 Å². The molecule has 0 bridgehead atoms. The number of benzene rings is 1. The first-order chi connectivity index (χ1) is 16.4. The lowest BCUT2D eigenvalue weighted by molar-refractivity contribution is 0.102.